The number of aromatic nitrogens is 2. The number of hydrogen-bond donors (Lipinski definition) is 0. The molecule has 4 fully saturated rings. The van der Waals surface area contributed by atoms with Crippen molar-refractivity contribution in [2.45, 2.75) is 57.4 Å². The molecule has 4 heterocycles. The first-order valence-electron chi connectivity index (χ1n) is 9.90. The van der Waals surface area contributed by atoms with Gasteiger partial charge in [-0.05, 0) is 68.4 Å². The molecule has 6 rings (SSSR count). The highest BCUT2D eigenvalue weighted by atomic mass is 16.5. The molecule has 1 amide bonds. The summed E-state index contributed by atoms with van der Waals surface area (Å²) in [4.78, 5) is 19.4. The normalized spacial score (nSPS) is 29.9. The summed E-state index contributed by atoms with van der Waals surface area (Å²) in [5.41, 5.74) is 0. The monoisotopic (exact) mass is 355 g/mol. The third kappa shape index (κ3) is 3.06. The zero-order valence-electron chi connectivity index (χ0n) is 15.0. The third-order valence-corrected chi connectivity index (χ3v) is 6.42. The van der Waals surface area contributed by atoms with Crippen LogP contribution < -0.4 is 0 Å². The predicted molar refractivity (Wildman–Crippen MR) is 94.0 cm³/mol. The van der Waals surface area contributed by atoms with E-state index in [-0.39, 0.29) is 0 Å². The molecule has 4 atom stereocenters. The molecule has 2 aliphatic carbocycles. The van der Waals surface area contributed by atoms with Crippen LogP contribution in [0.3, 0.4) is 0 Å². The lowest BCUT2D eigenvalue weighted by Crippen LogP contribution is -2.42. The highest BCUT2D eigenvalue weighted by molar-refractivity contribution is 5.76. The molecule has 6 nitrogen and oxygen atoms in total. The molecule has 2 saturated carbocycles. The average molecular weight is 355 g/mol. The van der Waals surface area contributed by atoms with Crippen LogP contribution in [0.1, 0.15) is 50.8 Å². The highest BCUT2D eigenvalue weighted by Crippen LogP contribution is 2.47. The lowest BCUT2D eigenvalue weighted by atomic mass is 9.68. The Morgan fingerprint density at radius 1 is 1.15 bits per heavy atom. The quantitative estimate of drug-likeness (QED) is 0.818. The van der Waals surface area contributed by atoms with Crippen molar-refractivity contribution in [3.8, 4) is 11.6 Å². The summed E-state index contributed by atoms with van der Waals surface area (Å²) in [6.45, 7) is 0.986. The number of carbonyl (C=O) groups excluding carboxylic acids is 1. The maximum absolute atomic E-state index is 12.8. The number of nitrogens with zero attached hydrogens (tertiary/aromatic N) is 3. The van der Waals surface area contributed by atoms with Crippen molar-refractivity contribution in [1.29, 1.82) is 0 Å². The van der Waals surface area contributed by atoms with Gasteiger partial charge in [0, 0.05) is 25.4 Å². The van der Waals surface area contributed by atoms with Crippen LogP contribution in [0.5, 0.6) is 0 Å². The molecule has 2 aromatic heterocycles. The molecule has 4 aliphatic rings. The van der Waals surface area contributed by atoms with Crippen LogP contribution in [0.15, 0.2) is 27.3 Å². The van der Waals surface area contributed by atoms with E-state index < -0.39 is 0 Å². The topological polar surface area (TPSA) is 72.4 Å². The van der Waals surface area contributed by atoms with Gasteiger partial charge in [0.25, 0.3) is 0 Å². The summed E-state index contributed by atoms with van der Waals surface area (Å²) >= 11 is 0. The van der Waals surface area contributed by atoms with E-state index in [1.807, 2.05) is 0 Å². The molecule has 0 N–H and O–H groups in total. The summed E-state index contributed by atoms with van der Waals surface area (Å²) in [5.74, 6) is 4.43. The fourth-order valence-electron chi connectivity index (χ4n) is 5.49. The Morgan fingerprint density at radius 2 is 1.96 bits per heavy atom. The Morgan fingerprint density at radius 3 is 2.73 bits per heavy atom. The van der Waals surface area contributed by atoms with Crippen LogP contribution in [0, 0.1) is 17.8 Å². The molecule has 2 saturated heterocycles. The van der Waals surface area contributed by atoms with Crippen molar-refractivity contribution in [2.75, 3.05) is 6.54 Å². The number of aryl methyl sites for hydroxylation is 1. The van der Waals surface area contributed by atoms with E-state index in [0.29, 0.717) is 42.3 Å². The van der Waals surface area contributed by atoms with Gasteiger partial charge in [0.1, 0.15) is 0 Å². The van der Waals surface area contributed by atoms with Crippen molar-refractivity contribution >= 4 is 5.91 Å². The Labute approximate surface area is 152 Å². The maximum atomic E-state index is 12.8. The number of furan rings is 1. The van der Waals surface area contributed by atoms with Gasteiger partial charge >= 0.3 is 0 Å². The molecule has 138 valence electrons. The second-order valence-electron chi connectivity index (χ2n) is 8.32. The first-order chi connectivity index (χ1) is 12.7. The molecule has 3 unspecified atom stereocenters. The molecule has 2 aromatic rings. The van der Waals surface area contributed by atoms with Gasteiger partial charge in [0.2, 0.25) is 17.6 Å². The van der Waals surface area contributed by atoms with Crippen molar-refractivity contribution < 1.29 is 13.7 Å². The summed E-state index contributed by atoms with van der Waals surface area (Å²) in [7, 11) is 0. The van der Waals surface area contributed by atoms with Gasteiger partial charge in [-0.25, -0.2) is 0 Å². The molecule has 2 aliphatic heterocycles. The van der Waals surface area contributed by atoms with Crippen LogP contribution >= 0.6 is 0 Å². The third-order valence-electron chi connectivity index (χ3n) is 6.42. The molecule has 0 spiro atoms. The number of amides is 1. The van der Waals surface area contributed by atoms with Crippen LogP contribution in [0.2, 0.25) is 0 Å². The van der Waals surface area contributed by atoms with Crippen molar-refractivity contribution in [3.05, 3.63) is 24.3 Å². The standard InChI is InChI=1S/C20H25N3O3/c24-19(23-12-15-8-13-7-14(9-15)11-16(23)10-13)5-1-4-18-21-20(22-26-18)17-3-2-6-25-17/h2-3,6,13-16H,1,4-5,7-12H2/t13-,14?,15?,16?/m0/s1. The van der Waals surface area contributed by atoms with Gasteiger partial charge in [0.15, 0.2) is 5.76 Å². The fraction of sp³-hybridized carbons (Fsp3) is 0.650. The van der Waals surface area contributed by atoms with E-state index in [4.69, 9.17) is 8.94 Å². The maximum Gasteiger partial charge on any atom is 0.238 e. The Balaban J connectivity index is 1.17. The van der Waals surface area contributed by atoms with Crippen molar-refractivity contribution in [1.82, 2.24) is 15.0 Å². The van der Waals surface area contributed by atoms with Gasteiger partial charge in [-0.3, -0.25) is 4.79 Å². The zero-order chi connectivity index (χ0) is 17.5. The van der Waals surface area contributed by atoms with E-state index >= 15 is 0 Å². The van der Waals surface area contributed by atoms with Crippen molar-refractivity contribution in [3.63, 3.8) is 0 Å². The van der Waals surface area contributed by atoms with E-state index in [2.05, 4.69) is 15.0 Å². The molecular weight excluding hydrogens is 330 g/mol. The van der Waals surface area contributed by atoms with Crippen molar-refractivity contribution in [2.24, 2.45) is 17.8 Å². The molecule has 4 bridgehead atoms. The Kier molecular flexibility index (Phi) is 4.06. The van der Waals surface area contributed by atoms with E-state index in [9.17, 15) is 4.79 Å². The summed E-state index contributed by atoms with van der Waals surface area (Å²) in [6.07, 6.45) is 10.1. The van der Waals surface area contributed by atoms with Gasteiger partial charge < -0.3 is 13.8 Å². The fourth-order valence-corrected chi connectivity index (χ4v) is 5.49. The van der Waals surface area contributed by atoms with E-state index in [1.165, 1.54) is 32.1 Å². The Bertz CT molecular complexity index is 755. The van der Waals surface area contributed by atoms with Gasteiger partial charge in [0.05, 0.1) is 6.26 Å². The number of rotatable bonds is 5. The van der Waals surface area contributed by atoms with E-state index in [0.717, 1.165) is 30.7 Å². The second kappa shape index (κ2) is 6.56. The SMILES string of the molecule is O=C(CCCc1nc(-c2ccco2)no1)N1CC2CC3CC1C[C@@H](C3)C2. The van der Waals surface area contributed by atoms with E-state index in [1.54, 1.807) is 18.4 Å². The molecular formula is C20H25N3O3. The van der Waals surface area contributed by atoms with Crippen LogP contribution in [0.25, 0.3) is 11.6 Å². The molecule has 6 heteroatoms. The molecule has 0 radical (unpaired) electrons. The van der Waals surface area contributed by atoms with Gasteiger partial charge in [-0.15, -0.1) is 0 Å². The smallest absolute Gasteiger partial charge is 0.238 e. The molecule has 26 heavy (non-hydrogen) atoms. The van der Waals surface area contributed by atoms with Crippen LogP contribution in [-0.4, -0.2) is 33.5 Å². The summed E-state index contributed by atoms with van der Waals surface area (Å²) in [5, 5.41) is 3.94. The number of carbonyl (C=O) groups is 1. The van der Waals surface area contributed by atoms with Gasteiger partial charge in [-0.2, -0.15) is 4.98 Å². The van der Waals surface area contributed by atoms with Gasteiger partial charge in [-0.1, -0.05) is 5.16 Å². The zero-order valence-corrected chi connectivity index (χ0v) is 15.0. The Hall–Kier alpha value is -2.11. The number of hydrogen-bond acceptors (Lipinski definition) is 5. The lowest BCUT2D eigenvalue weighted by Gasteiger charge is -2.39. The minimum Gasteiger partial charge on any atom is -0.461 e. The molecule has 0 aromatic carbocycles. The second-order valence-corrected chi connectivity index (χ2v) is 8.32. The largest absolute Gasteiger partial charge is 0.461 e. The summed E-state index contributed by atoms with van der Waals surface area (Å²) in [6, 6.07) is 4.10. The van der Waals surface area contributed by atoms with Crippen LogP contribution in [-0.2, 0) is 11.2 Å². The first-order valence-corrected chi connectivity index (χ1v) is 9.90. The average Bonchev–Trinajstić information content (AvgIpc) is 3.26. The minimum absolute atomic E-state index is 0.314. The van der Waals surface area contributed by atoms with Crippen LogP contribution in [0.4, 0.5) is 0 Å². The number of fused-ring (bicyclic) bond motifs is 1. The minimum atomic E-state index is 0.314. The predicted octanol–water partition coefficient (Wildman–Crippen LogP) is 3.69. The lowest BCUT2D eigenvalue weighted by molar-refractivity contribution is -0.134. The first kappa shape index (κ1) is 16.1. The highest BCUT2D eigenvalue weighted by Gasteiger charge is 2.43. The summed E-state index contributed by atoms with van der Waals surface area (Å²) < 4.78 is 10.6.